The van der Waals surface area contributed by atoms with Crippen LogP contribution in [0.15, 0.2) is 18.2 Å². The number of anilines is 1. The molecule has 2 rings (SSSR count). The van der Waals surface area contributed by atoms with E-state index in [0.717, 1.165) is 38.0 Å². The molecule has 4 heteroatoms. The Morgan fingerprint density at radius 3 is 2.83 bits per heavy atom. The second-order valence-electron chi connectivity index (χ2n) is 4.85. The normalized spacial score (nSPS) is 23.7. The number of pyridine rings is 1. The number of aromatic nitrogens is 1. The molecule has 1 aromatic rings. The molecule has 0 spiro atoms. The van der Waals surface area contributed by atoms with Crippen LogP contribution in [0.4, 0.5) is 5.82 Å². The average molecular weight is 250 g/mol. The Kier molecular flexibility index (Phi) is 4.81. The van der Waals surface area contributed by atoms with Crippen LogP contribution in [0.1, 0.15) is 32.6 Å². The van der Waals surface area contributed by atoms with Crippen molar-refractivity contribution in [3.05, 3.63) is 18.2 Å². The van der Waals surface area contributed by atoms with Crippen LogP contribution in [0.5, 0.6) is 5.88 Å². The predicted molar refractivity (Wildman–Crippen MR) is 71.9 cm³/mol. The van der Waals surface area contributed by atoms with E-state index in [-0.39, 0.29) is 6.10 Å². The fraction of sp³-hybridized carbons (Fsp3) is 0.643. The number of aliphatic hydroxyl groups is 1. The van der Waals surface area contributed by atoms with Gasteiger partial charge in [0, 0.05) is 12.6 Å². The van der Waals surface area contributed by atoms with Crippen molar-refractivity contribution in [1.82, 2.24) is 4.98 Å². The maximum absolute atomic E-state index is 9.46. The monoisotopic (exact) mass is 250 g/mol. The summed E-state index contributed by atoms with van der Waals surface area (Å²) in [7, 11) is 0. The molecule has 1 heterocycles. The topological polar surface area (TPSA) is 54.4 Å². The molecule has 1 aliphatic rings. The molecule has 1 saturated carbocycles. The van der Waals surface area contributed by atoms with Crippen molar-refractivity contribution in [3.8, 4) is 5.88 Å². The molecular formula is C14H22N2O2. The van der Waals surface area contributed by atoms with E-state index < -0.39 is 0 Å². The number of hydrogen-bond acceptors (Lipinski definition) is 4. The first kappa shape index (κ1) is 13.1. The van der Waals surface area contributed by atoms with Crippen molar-refractivity contribution >= 4 is 5.82 Å². The number of hydrogen-bond donors (Lipinski definition) is 2. The fourth-order valence-electron chi connectivity index (χ4n) is 2.34. The Morgan fingerprint density at radius 1 is 1.33 bits per heavy atom. The van der Waals surface area contributed by atoms with E-state index in [2.05, 4.69) is 10.3 Å². The lowest BCUT2D eigenvalue weighted by Crippen LogP contribution is -2.23. The van der Waals surface area contributed by atoms with Crippen molar-refractivity contribution in [2.75, 3.05) is 18.5 Å². The second kappa shape index (κ2) is 6.59. The molecule has 2 N–H and O–H groups in total. The summed E-state index contributed by atoms with van der Waals surface area (Å²) in [6, 6.07) is 5.77. The molecule has 100 valence electrons. The highest BCUT2D eigenvalue weighted by Gasteiger charge is 2.18. The number of rotatable bonds is 5. The van der Waals surface area contributed by atoms with E-state index in [4.69, 9.17) is 4.74 Å². The fourth-order valence-corrected chi connectivity index (χ4v) is 2.34. The van der Waals surface area contributed by atoms with Crippen LogP contribution in [0.2, 0.25) is 0 Å². The lowest BCUT2D eigenvalue weighted by atomic mass is 9.87. The van der Waals surface area contributed by atoms with E-state index in [1.165, 1.54) is 0 Å². The number of ether oxygens (including phenoxy) is 1. The maximum Gasteiger partial charge on any atom is 0.215 e. The summed E-state index contributed by atoms with van der Waals surface area (Å²) in [5.74, 6) is 2.18. The van der Waals surface area contributed by atoms with Gasteiger partial charge in [0.05, 0.1) is 12.7 Å². The SMILES string of the molecule is CCOc1cccc(NCC2CCC(O)CC2)n1. The van der Waals surface area contributed by atoms with Crippen LogP contribution >= 0.6 is 0 Å². The van der Waals surface area contributed by atoms with Crippen molar-refractivity contribution in [2.24, 2.45) is 5.92 Å². The lowest BCUT2D eigenvalue weighted by molar-refractivity contribution is 0.111. The van der Waals surface area contributed by atoms with E-state index in [0.29, 0.717) is 18.4 Å². The lowest BCUT2D eigenvalue weighted by Gasteiger charge is -2.25. The molecule has 1 aromatic heterocycles. The first-order chi connectivity index (χ1) is 8.78. The minimum absolute atomic E-state index is 0.0827. The molecule has 0 aliphatic heterocycles. The highest BCUT2D eigenvalue weighted by atomic mass is 16.5. The van der Waals surface area contributed by atoms with Gasteiger partial charge in [0.15, 0.2) is 0 Å². The molecule has 0 aromatic carbocycles. The summed E-state index contributed by atoms with van der Waals surface area (Å²) in [6.07, 6.45) is 3.97. The van der Waals surface area contributed by atoms with E-state index in [1.807, 2.05) is 25.1 Å². The standard InChI is InChI=1S/C14H22N2O2/c1-2-18-14-5-3-4-13(16-14)15-10-11-6-8-12(17)9-7-11/h3-5,11-12,17H,2,6-10H2,1H3,(H,15,16). The largest absolute Gasteiger partial charge is 0.478 e. The van der Waals surface area contributed by atoms with Crippen LogP contribution < -0.4 is 10.1 Å². The minimum Gasteiger partial charge on any atom is -0.478 e. The van der Waals surface area contributed by atoms with Gasteiger partial charge in [-0.15, -0.1) is 0 Å². The Balaban J connectivity index is 1.80. The van der Waals surface area contributed by atoms with Gasteiger partial charge in [0.25, 0.3) is 0 Å². The zero-order chi connectivity index (χ0) is 12.8. The molecule has 0 saturated heterocycles. The maximum atomic E-state index is 9.46. The van der Waals surface area contributed by atoms with Crippen molar-refractivity contribution < 1.29 is 9.84 Å². The van der Waals surface area contributed by atoms with Crippen LogP contribution in [-0.2, 0) is 0 Å². The second-order valence-corrected chi connectivity index (χ2v) is 4.85. The highest BCUT2D eigenvalue weighted by Crippen LogP contribution is 2.24. The molecule has 1 aliphatic carbocycles. The predicted octanol–water partition coefficient (Wildman–Crippen LogP) is 2.44. The molecule has 1 fully saturated rings. The van der Waals surface area contributed by atoms with Gasteiger partial charge in [-0.3, -0.25) is 0 Å². The third-order valence-corrected chi connectivity index (χ3v) is 3.40. The number of nitrogens with one attached hydrogen (secondary N) is 1. The molecule has 0 atom stereocenters. The number of nitrogens with zero attached hydrogens (tertiary/aromatic N) is 1. The molecule has 0 bridgehead atoms. The smallest absolute Gasteiger partial charge is 0.215 e. The summed E-state index contributed by atoms with van der Waals surface area (Å²) in [5, 5.41) is 12.8. The zero-order valence-corrected chi connectivity index (χ0v) is 10.9. The van der Waals surface area contributed by atoms with Gasteiger partial charge in [-0.05, 0) is 44.6 Å². The van der Waals surface area contributed by atoms with E-state index in [1.54, 1.807) is 0 Å². The van der Waals surface area contributed by atoms with Gasteiger partial charge < -0.3 is 15.2 Å². The van der Waals surface area contributed by atoms with Crippen LogP contribution in [0.3, 0.4) is 0 Å². The molecule has 0 amide bonds. The van der Waals surface area contributed by atoms with Crippen LogP contribution in [0.25, 0.3) is 0 Å². The summed E-state index contributed by atoms with van der Waals surface area (Å²) in [5.41, 5.74) is 0. The Bertz CT molecular complexity index is 363. The van der Waals surface area contributed by atoms with E-state index >= 15 is 0 Å². The highest BCUT2D eigenvalue weighted by molar-refractivity contribution is 5.37. The molecule has 0 radical (unpaired) electrons. The summed E-state index contributed by atoms with van der Waals surface area (Å²) in [6.45, 7) is 3.52. The van der Waals surface area contributed by atoms with Crippen molar-refractivity contribution in [1.29, 1.82) is 0 Å². The Labute approximate surface area is 108 Å². The van der Waals surface area contributed by atoms with Gasteiger partial charge in [0.2, 0.25) is 5.88 Å². The van der Waals surface area contributed by atoms with Gasteiger partial charge in [-0.2, -0.15) is 4.98 Å². The zero-order valence-electron chi connectivity index (χ0n) is 10.9. The molecule has 18 heavy (non-hydrogen) atoms. The first-order valence-electron chi connectivity index (χ1n) is 6.79. The summed E-state index contributed by atoms with van der Waals surface area (Å²) >= 11 is 0. The van der Waals surface area contributed by atoms with Gasteiger partial charge >= 0.3 is 0 Å². The van der Waals surface area contributed by atoms with Gasteiger partial charge in [-0.1, -0.05) is 6.07 Å². The Morgan fingerprint density at radius 2 is 2.11 bits per heavy atom. The number of aliphatic hydroxyl groups excluding tert-OH is 1. The summed E-state index contributed by atoms with van der Waals surface area (Å²) in [4.78, 5) is 4.38. The molecular weight excluding hydrogens is 228 g/mol. The quantitative estimate of drug-likeness (QED) is 0.842. The first-order valence-corrected chi connectivity index (χ1v) is 6.79. The van der Waals surface area contributed by atoms with Gasteiger partial charge in [0.1, 0.15) is 5.82 Å². The van der Waals surface area contributed by atoms with Gasteiger partial charge in [-0.25, -0.2) is 0 Å². The van der Waals surface area contributed by atoms with Crippen LogP contribution in [0, 0.1) is 5.92 Å². The van der Waals surface area contributed by atoms with Crippen molar-refractivity contribution in [2.45, 2.75) is 38.7 Å². The molecule has 4 nitrogen and oxygen atoms in total. The third-order valence-electron chi connectivity index (χ3n) is 3.40. The minimum atomic E-state index is -0.0827. The van der Waals surface area contributed by atoms with Crippen LogP contribution in [-0.4, -0.2) is 29.3 Å². The third kappa shape index (κ3) is 3.88. The van der Waals surface area contributed by atoms with Crippen molar-refractivity contribution in [3.63, 3.8) is 0 Å². The Hall–Kier alpha value is -1.29. The summed E-state index contributed by atoms with van der Waals surface area (Å²) < 4.78 is 5.37. The average Bonchev–Trinajstić information content (AvgIpc) is 2.39. The van der Waals surface area contributed by atoms with E-state index in [9.17, 15) is 5.11 Å². The molecule has 0 unspecified atom stereocenters.